The number of nitrogens with one attached hydrogen (secondary N) is 1. The van der Waals surface area contributed by atoms with Crippen LogP contribution in [0.5, 0.6) is 0 Å². The average molecular weight is 397 g/mol. The molecule has 1 fully saturated rings. The van der Waals surface area contributed by atoms with Crippen molar-refractivity contribution in [3.8, 4) is 0 Å². The number of carbonyl (C=O) groups is 2. The Kier molecular flexibility index (Phi) is 5.04. The Morgan fingerprint density at radius 2 is 2.11 bits per heavy atom. The fraction of sp³-hybridized carbons (Fsp3) is 0.300. The van der Waals surface area contributed by atoms with Crippen LogP contribution >= 0.6 is 11.8 Å². The predicted octanol–water partition coefficient (Wildman–Crippen LogP) is 2.65. The summed E-state index contributed by atoms with van der Waals surface area (Å²) < 4.78 is 7.33. The van der Waals surface area contributed by atoms with E-state index in [1.807, 2.05) is 36.4 Å². The molecule has 1 aromatic carbocycles. The predicted molar refractivity (Wildman–Crippen MR) is 107 cm³/mol. The van der Waals surface area contributed by atoms with Crippen molar-refractivity contribution in [1.82, 2.24) is 14.9 Å². The van der Waals surface area contributed by atoms with Crippen LogP contribution < -0.4 is 10.9 Å². The number of amides is 2. The smallest absolute Gasteiger partial charge is 0.286 e. The molecule has 0 radical (unpaired) electrons. The van der Waals surface area contributed by atoms with Gasteiger partial charge in [0.15, 0.2) is 0 Å². The van der Waals surface area contributed by atoms with Gasteiger partial charge in [-0.1, -0.05) is 30.0 Å². The molecule has 2 heterocycles. The van der Waals surface area contributed by atoms with E-state index in [4.69, 9.17) is 4.74 Å². The van der Waals surface area contributed by atoms with E-state index in [0.29, 0.717) is 28.9 Å². The summed E-state index contributed by atoms with van der Waals surface area (Å²) in [4.78, 5) is 39.9. The van der Waals surface area contributed by atoms with Crippen LogP contribution in [0.4, 0.5) is 4.79 Å². The van der Waals surface area contributed by atoms with E-state index in [1.54, 1.807) is 13.1 Å². The SMILES string of the molecule is Cn1c(COC2=CCC(CC3SC(=O)NC3=O)C=C2)nc2ccccc2c1=O. The number of para-hydroxylation sites is 1. The number of ether oxygens (including phenoxy) is 1. The lowest BCUT2D eigenvalue weighted by atomic mass is 9.94. The summed E-state index contributed by atoms with van der Waals surface area (Å²) in [5, 5.41) is 2.30. The number of allylic oxidation sites excluding steroid dienone is 3. The van der Waals surface area contributed by atoms with Crippen LogP contribution in [-0.2, 0) is 23.2 Å². The molecule has 0 saturated carbocycles. The molecule has 28 heavy (non-hydrogen) atoms. The van der Waals surface area contributed by atoms with Crippen molar-refractivity contribution in [2.75, 3.05) is 0 Å². The van der Waals surface area contributed by atoms with Gasteiger partial charge in [0.05, 0.1) is 16.2 Å². The van der Waals surface area contributed by atoms with Gasteiger partial charge in [-0.05, 0) is 43.0 Å². The number of hydrogen-bond donors (Lipinski definition) is 1. The normalized spacial score (nSPS) is 21.7. The number of aromatic nitrogens is 2. The second-order valence-corrected chi connectivity index (χ2v) is 7.95. The molecule has 2 aromatic rings. The Hall–Kier alpha value is -2.87. The van der Waals surface area contributed by atoms with Crippen molar-refractivity contribution >= 4 is 33.8 Å². The summed E-state index contributed by atoms with van der Waals surface area (Å²) in [6, 6.07) is 7.24. The van der Waals surface area contributed by atoms with Crippen molar-refractivity contribution in [3.63, 3.8) is 0 Å². The minimum absolute atomic E-state index is 0.0979. The molecule has 2 aliphatic rings. The quantitative estimate of drug-likeness (QED) is 0.834. The van der Waals surface area contributed by atoms with Crippen LogP contribution in [0.2, 0.25) is 0 Å². The maximum atomic E-state index is 12.4. The van der Waals surface area contributed by atoms with Gasteiger partial charge in [0, 0.05) is 7.05 Å². The van der Waals surface area contributed by atoms with Gasteiger partial charge in [0.25, 0.3) is 10.8 Å². The van der Waals surface area contributed by atoms with Gasteiger partial charge in [-0.3, -0.25) is 24.3 Å². The number of rotatable bonds is 5. The molecule has 7 nitrogen and oxygen atoms in total. The van der Waals surface area contributed by atoms with E-state index in [1.165, 1.54) is 4.57 Å². The molecule has 0 spiro atoms. The van der Waals surface area contributed by atoms with Gasteiger partial charge in [-0.25, -0.2) is 4.98 Å². The number of imide groups is 1. The summed E-state index contributed by atoms with van der Waals surface area (Å²) in [5.41, 5.74) is 0.554. The third-order valence-corrected chi connectivity index (χ3v) is 5.89. The lowest BCUT2D eigenvalue weighted by Crippen LogP contribution is -2.25. The molecule has 1 aliphatic carbocycles. The number of fused-ring (bicyclic) bond motifs is 1. The third kappa shape index (κ3) is 3.73. The molecular weight excluding hydrogens is 378 g/mol. The summed E-state index contributed by atoms with van der Waals surface area (Å²) in [6.45, 7) is 0.187. The fourth-order valence-corrected chi connectivity index (χ4v) is 4.22. The molecule has 2 atom stereocenters. The summed E-state index contributed by atoms with van der Waals surface area (Å²) >= 11 is 1.05. The van der Waals surface area contributed by atoms with Gasteiger partial charge in [0.2, 0.25) is 5.91 Å². The molecule has 8 heteroatoms. The third-order valence-electron chi connectivity index (χ3n) is 4.88. The van der Waals surface area contributed by atoms with E-state index in [9.17, 15) is 14.4 Å². The van der Waals surface area contributed by atoms with Gasteiger partial charge in [-0.2, -0.15) is 0 Å². The summed E-state index contributed by atoms with van der Waals surface area (Å²) in [6.07, 6.45) is 7.17. The van der Waals surface area contributed by atoms with Gasteiger partial charge >= 0.3 is 0 Å². The Morgan fingerprint density at radius 3 is 2.82 bits per heavy atom. The second kappa shape index (κ2) is 7.63. The largest absolute Gasteiger partial charge is 0.486 e. The van der Waals surface area contributed by atoms with E-state index < -0.39 is 0 Å². The van der Waals surface area contributed by atoms with Gasteiger partial charge < -0.3 is 4.74 Å². The summed E-state index contributed by atoms with van der Waals surface area (Å²) in [5.74, 6) is 1.23. The number of thioether (sulfide) groups is 1. The maximum absolute atomic E-state index is 12.4. The van der Waals surface area contributed by atoms with Crippen LogP contribution in [-0.4, -0.2) is 25.9 Å². The molecule has 0 bridgehead atoms. The first-order valence-electron chi connectivity index (χ1n) is 8.98. The van der Waals surface area contributed by atoms with Crippen LogP contribution in [0.1, 0.15) is 18.7 Å². The van der Waals surface area contributed by atoms with Gasteiger partial charge in [0.1, 0.15) is 18.2 Å². The number of benzene rings is 1. The zero-order valence-electron chi connectivity index (χ0n) is 15.3. The van der Waals surface area contributed by atoms with Crippen LogP contribution in [0, 0.1) is 5.92 Å². The average Bonchev–Trinajstić information content (AvgIpc) is 3.01. The minimum Gasteiger partial charge on any atom is -0.486 e. The minimum atomic E-state index is -0.325. The summed E-state index contributed by atoms with van der Waals surface area (Å²) in [7, 11) is 1.69. The van der Waals surface area contributed by atoms with E-state index in [2.05, 4.69) is 10.3 Å². The molecule has 2 amide bonds. The molecule has 1 aromatic heterocycles. The molecule has 1 saturated heterocycles. The highest BCUT2D eigenvalue weighted by molar-refractivity contribution is 8.15. The van der Waals surface area contributed by atoms with Crippen molar-refractivity contribution < 1.29 is 14.3 Å². The standard InChI is InChI=1S/C20H19N3O4S/c1-23-17(21-15-5-3-2-4-14(15)19(23)25)11-27-13-8-6-12(7-9-13)10-16-18(24)22-20(26)28-16/h2-6,8-9,12,16H,7,10-11H2,1H3,(H,22,24,26). The Labute approximate surface area is 165 Å². The molecule has 4 rings (SSSR count). The monoisotopic (exact) mass is 397 g/mol. The Balaban J connectivity index is 1.38. The molecule has 1 N–H and O–H groups in total. The van der Waals surface area contributed by atoms with Gasteiger partial charge in [-0.15, -0.1) is 0 Å². The highest BCUT2D eigenvalue weighted by Gasteiger charge is 2.33. The zero-order valence-corrected chi connectivity index (χ0v) is 16.1. The second-order valence-electron chi connectivity index (χ2n) is 6.78. The van der Waals surface area contributed by atoms with E-state index in [0.717, 1.165) is 18.2 Å². The van der Waals surface area contributed by atoms with Crippen LogP contribution in [0.3, 0.4) is 0 Å². The van der Waals surface area contributed by atoms with Crippen molar-refractivity contribution in [2.24, 2.45) is 13.0 Å². The first kappa shape index (κ1) is 18.5. The van der Waals surface area contributed by atoms with E-state index >= 15 is 0 Å². The first-order valence-corrected chi connectivity index (χ1v) is 9.86. The lowest BCUT2D eigenvalue weighted by molar-refractivity contribution is -0.119. The Morgan fingerprint density at radius 1 is 1.29 bits per heavy atom. The van der Waals surface area contributed by atoms with Crippen molar-refractivity contribution in [2.45, 2.75) is 24.7 Å². The first-order chi connectivity index (χ1) is 13.5. The zero-order chi connectivity index (χ0) is 19.7. The van der Waals surface area contributed by atoms with E-state index in [-0.39, 0.29) is 34.5 Å². The maximum Gasteiger partial charge on any atom is 0.286 e. The fourth-order valence-electron chi connectivity index (χ4n) is 3.29. The number of carbonyl (C=O) groups excluding carboxylic acids is 2. The highest BCUT2D eigenvalue weighted by Crippen LogP contribution is 2.29. The molecule has 144 valence electrons. The van der Waals surface area contributed by atoms with Crippen molar-refractivity contribution in [3.05, 3.63) is 64.4 Å². The molecule has 2 unspecified atom stereocenters. The van der Waals surface area contributed by atoms with Crippen molar-refractivity contribution in [1.29, 1.82) is 0 Å². The number of hydrogen-bond acceptors (Lipinski definition) is 6. The van der Waals surface area contributed by atoms with Crippen LogP contribution in [0.15, 0.2) is 53.0 Å². The Bertz CT molecular complexity index is 1070. The molecular formula is C20H19N3O4S. The lowest BCUT2D eigenvalue weighted by Gasteiger charge is -2.18. The topological polar surface area (TPSA) is 90.3 Å². The number of nitrogens with zero attached hydrogens (tertiary/aromatic N) is 2. The van der Waals surface area contributed by atoms with Crippen LogP contribution in [0.25, 0.3) is 10.9 Å². The molecule has 1 aliphatic heterocycles. The highest BCUT2D eigenvalue weighted by atomic mass is 32.2.